The number of hydrogen-bond acceptors (Lipinski definition) is 8. The smallest absolute Gasteiger partial charge is 0.269 e. The number of rotatable bonds is 6. The zero-order chi connectivity index (χ0) is 27.9. The molecule has 0 spiro atoms. The Morgan fingerprint density at radius 3 is 1.28 bits per heavy atom. The number of nitro groups is 2. The Hall–Kier alpha value is -5.43. The molecule has 0 radical (unpaired) electrons. The van der Waals surface area contributed by atoms with Crippen LogP contribution >= 0.6 is 0 Å². The molecule has 0 saturated heterocycles. The average molecular weight is 545 g/mol. The number of carbonyl (C=O) groups excluding carboxylic acids is 2. The van der Waals surface area contributed by atoms with Crippen LogP contribution in [0, 0.1) is 20.2 Å². The van der Waals surface area contributed by atoms with E-state index in [0.29, 0.717) is 11.1 Å². The standard InChI is InChI=1S/C26H16N4O8S/c31-25(15-1-7-19(8-2-15)29(33)34)27-17-5-11-21-22-12-6-18(14-24(22)39(37,38)23(21)13-17)28-26(32)16-3-9-20(10-4-16)30(35)36/h1-14H,(H,27,31)(H,28,32). The molecule has 1 aliphatic heterocycles. The Morgan fingerprint density at radius 1 is 0.590 bits per heavy atom. The molecule has 0 saturated carbocycles. The quantitative estimate of drug-likeness (QED) is 0.225. The van der Waals surface area contributed by atoms with Crippen molar-refractivity contribution in [2.24, 2.45) is 0 Å². The molecule has 1 aliphatic rings. The van der Waals surface area contributed by atoms with Crippen LogP contribution in [0.1, 0.15) is 20.7 Å². The van der Waals surface area contributed by atoms with Gasteiger partial charge in [-0.05, 0) is 48.5 Å². The number of nitrogens with zero attached hydrogens (tertiary/aromatic N) is 2. The molecule has 0 atom stereocenters. The predicted octanol–water partition coefficient (Wildman–Crippen LogP) is 4.82. The molecule has 5 rings (SSSR count). The molecular weight excluding hydrogens is 528 g/mol. The number of non-ortho nitro benzene ring substituents is 2. The van der Waals surface area contributed by atoms with Gasteiger partial charge in [-0.1, -0.05) is 12.1 Å². The molecule has 39 heavy (non-hydrogen) atoms. The first-order valence-corrected chi connectivity index (χ1v) is 12.7. The molecule has 1 heterocycles. The summed E-state index contributed by atoms with van der Waals surface area (Å²) in [6.45, 7) is 0. The van der Waals surface area contributed by atoms with Gasteiger partial charge in [0, 0.05) is 57.9 Å². The molecule has 0 aliphatic carbocycles. The molecule has 4 aromatic carbocycles. The van der Waals surface area contributed by atoms with Crippen molar-refractivity contribution < 1.29 is 27.9 Å². The largest absolute Gasteiger partial charge is 0.322 e. The van der Waals surface area contributed by atoms with Crippen molar-refractivity contribution in [3.63, 3.8) is 0 Å². The molecule has 194 valence electrons. The van der Waals surface area contributed by atoms with E-state index in [4.69, 9.17) is 0 Å². The van der Waals surface area contributed by atoms with Crippen molar-refractivity contribution in [2.75, 3.05) is 10.6 Å². The summed E-state index contributed by atoms with van der Waals surface area (Å²) < 4.78 is 26.7. The van der Waals surface area contributed by atoms with Gasteiger partial charge >= 0.3 is 0 Å². The number of carbonyl (C=O) groups is 2. The van der Waals surface area contributed by atoms with Gasteiger partial charge in [0.05, 0.1) is 19.6 Å². The van der Waals surface area contributed by atoms with Crippen LogP contribution in [-0.2, 0) is 9.84 Å². The number of amides is 2. The first kappa shape index (κ1) is 25.2. The first-order valence-electron chi connectivity index (χ1n) is 11.2. The van der Waals surface area contributed by atoms with Crippen molar-refractivity contribution in [3.05, 3.63) is 116 Å². The number of nitrogens with one attached hydrogen (secondary N) is 2. The van der Waals surface area contributed by atoms with E-state index in [1.165, 1.54) is 72.8 Å². The number of hydrogen-bond donors (Lipinski definition) is 2. The molecule has 0 bridgehead atoms. The minimum absolute atomic E-state index is 0.0298. The maximum Gasteiger partial charge on any atom is 0.269 e. The summed E-state index contributed by atoms with van der Waals surface area (Å²) in [5.41, 5.74) is 1.23. The predicted molar refractivity (Wildman–Crippen MR) is 139 cm³/mol. The highest BCUT2D eigenvalue weighted by Gasteiger charge is 2.33. The second-order valence-corrected chi connectivity index (χ2v) is 10.3. The van der Waals surface area contributed by atoms with Crippen LogP contribution in [0.15, 0.2) is 94.7 Å². The Labute approximate surface area is 220 Å². The third kappa shape index (κ3) is 4.69. The molecular formula is C26H16N4O8S. The Morgan fingerprint density at radius 2 is 0.949 bits per heavy atom. The van der Waals surface area contributed by atoms with Crippen LogP contribution < -0.4 is 10.6 Å². The highest BCUT2D eigenvalue weighted by Crippen LogP contribution is 2.45. The summed E-state index contributed by atoms with van der Waals surface area (Å²) in [7, 11) is -3.99. The van der Waals surface area contributed by atoms with Gasteiger partial charge in [-0.25, -0.2) is 8.42 Å². The Bertz CT molecular complexity index is 1670. The van der Waals surface area contributed by atoms with E-state index in [0.717, 1.165) is 0 Å². The van der Waals surface area contributed by atoms with Crippen LogP contribution in [-0.4, -0.2) is 30.1 Å². The Balaban J connectivity index is 1.37. The maximum absolute atomic E-state index is 13.3. The van der Waals surface area contributed by atoms with Crippen molar-refractivity contribution in [1.82, 2.24) is 0 Å². The van der Waals surface area contributed by atoms with E-state index in [-0.39, 0.29) is 43.7 Å². The molecule has 2 N–H and O–H groups in total. The number of benzene rings is 4. The molecule has 0 fully saturated rings. The van der Waals surface area contributed by atoms with Crippen LogP contribution in [0.2, 0.25) is 0 Å². The third-order valence-electron chi connectivity index (χ3n) is 6.03. The minimum atomic E-state index is -3.99. The van der Waals surface area contributed by atoms with Gasteiger partial charge in [0.1, 0.15) is 0 Å². The fourth-order valence-corrected chi connectivity index (χ4v) is 5.82. The lowest BCUT2D eigenvalue weighted by Gasteiger charge is -2.07. The van der Waals surface area contributed by atoms with E-state index in [2.05, 4.69) is 10.6 Å². The SMILES string of the molecule is O=C(Nc1ccc2c(c1)S(=O)(=O)c1cc(NC(=O)c3ccc([N+](=O)[O-])cc3)ccc1-2)c1ccc([N+](=O)[O-])cc1. The average Bonchev–Trinajstić information content (AvgIpc) is 3.14. The fraction of sp³-hybridized carbons (Fsp3) is 0. The summed E-state index contributed by atoms with van der Waals surface area (Å²) in [5.74, 6) is -1.15. The number of fused-ring (bicyclic) bond motifs is 3. The Kier molecular flexibility index (Phi) is 6.12. The second kappa shape index (κ2) is 9.46. The number of sulfone groups is 1. The lowest BCUT2D eigenvalue weighted by molar-refractivity contribution is -0.385. The van der Waals surface area contributed by atoms with Gasteiger partial charge in [0.25, 0.3) is 23.2 Å². The molecule has 0 unspecified atom stereocenters. The summed E-state index contributed by atoms with van der Waals surface area (Å²) in [6.07, 6.45) is 0. The van der Waals surface area contributed by atoms with E-state index >= 15 is 0 Å². The van der Waals surface area contributed by atoms with Gasteiger partial charge in [0.15, 0.2) is 0 Å². The van der Waals surface area contributed by atoms with Crippen LogP contribution in [0.4, 0.5) is 22.7 Å². The van der Waals surface area contributed by atoms with Crippen LogP contribution in [0.5, 0.6) is 0 Å². The van der Waals surface area contributed by atoms with Gasteiger partial charge in [0.2, 0.25) is 9.84 Å². The highest BCUT2D eigenvalue weighted by atomic mass is 32.2. The molecule has 13 heteroatoms. The first-order chi connectivity index (χ1) is 18.5. The molecule has 2 amide bonds. The van der Waals surface area contributed by atoms with E-state index in [1.54, 1.807) is 12.1 Å². The summed E-state index contributed by atoms with van der Waals surface area (Å²) >= 11 is 0. The van der Waals surface area contributed by atoms with Crippen molar-refractivity contribution in [1.29, 1.82) is 0 Å². The van der Waals surface area contributed by atoms with E-state index in [9.17, 15) is 38.2 Å². The molecule has 4 aromatic rings. The van der Waals surface area contributed by atoms with Crippen molar-refractivity contribution in [3.8, 4) is 11.1 Å². The van der Waals surface area contributed by atoms with Gasteiger partial charge in [-0.2, -0.15) is 0 Å². The van der Waals surface area contributed by atoms with Crippen molar-refractivity contribution >= 4 is 44.4 Å². The lowest BCUT2D eigenvalue weighted by atomic mass is 10.0. The summed E-state index contributed by atoms with van der Waals surface area (Å²) in [5, 5.41) is 26.8. The minimum Gasteiger partial charge on any atom is -0.322 e. The van der Waals surface area contributed by atoms with Crippen LogP contribution in [0.25, 0.3) is 11.1 Å². The number of anilines is 2. The van der Waals surface area contributed by atoms with E-state index < -0.39 is 31.5 Å². The van der Waals surface area contributed by atoms with Crippen molar-refractivity contribution in [2.45, 2.75) is 9.79 Å². The summed E-state index contributed by atoms with van der Waals surface area (Å²) in [6, 6.07) is 18.8. The van der Waals surface area contributed by atoms with Gasteiger partial charge in [-0.15, -0.1) is 0 Å². The second-order valence-electron chi connectivity index (χ2n) is 8.44. The zero-order valence-corrected chi connectivity index (χ0v) is 20.5. The van der Waals surface area contributed by atoms with Gasteiger partial charge in [-0.3, -0.25) is 29.8 Å². The third-order valence-corrected chi connectivity index (χ3v) is 7.86. The normalized spacial score (nSPS) is 12.6. The van der Waals surface area contributed by atoms with Gasteiger partial charge < -0.3 is 10.6 Å². The monoisotopic (exact) mass is 544 g/mol. The topological polar surface area (TPSA) is 179 Å². The van der Waals surface area contributed by atoms with Crippen LogP contribution in [0.3, 0.4) is 0 Å². The fourth-order valence-electron chi connectivity index (χ4n) is 4.08. The summed E-state index contributed by atoms with van der Waals surface area (Å²) in [4.78, 5) is 45.6. The maximum atomic E-state index is 13.3. The number of nitro benzene ring substituents is 2. The lowest BCUT2D eigenvalue weighted by Crippen LogP contribution is -2.12. The molecule has 12 nitrogen and oxygen atoms in total. The highest BCUT2D eigenvalue weighted by molar-refractivity contribution is 7.92. The zero-order valence-electron chi connectivity index (χ0n) is 19.7. The van der Waals surface area contributed by atoms with E-state index in [1.807, 2.05) is 0 Å². The molecule has 0 aromatic heterocycles.